The fourth-order valence-electron chi connectivity index (χ4n) is 3.98. The van der Waals surface area contributed by atoms with Gasteiger partial charge in [-0.3, -0.25) is 9.59 Å². The topological polar surface area (TPSA) is 49.4 Å². The van der Waals surface area contributed by atoms with Gasteiger partial charge in [0.05, 0.1) is 5.75 Å². The number of thioether (sulfide) groups is 1. The van der Waals surface area contributed by atoms with Crippen LogP contribution in [-0.4, -0.2) is 34.6 Å². The highest BCUT2D eigenvalue weighted by Crippen LogP contribution is 2.28. The van der Waals surface area contributed by atoms with Gasteiger partial charge in [-0.2, -0.15) is 0 Å². The highest BCUT2D eigenvalue weighted by Gasteiger charge is 2.28. The van der Waals surface area contributed by atoms with E-state index in [1.54, 1.807) is 23.1 Å². The number of benzene rings is 2. The van der Waals surface area contributed by atoms with Crippen LogP contribution in [0.25, 0.3) is 0 Å². The third-order valence-corrected chi connectivity index (χ3v) is 8.04. The zero-order valence-electron chi connectivity index (χ0n) is 18.7. The molecule has 2 amide bonds. The molecule has 1 N–H and O–H groups in total. The first-order valence-corrected chi connectivity index (χ1v) is 13.9. The number of nitrogens with zero attached hydrogens (tertiary/aromatic N) is 1. The number of rotatable bonds is 9. The SMILES string of the molecule is CC(C(=O)NC1CCCCC1)N(Cc1cccc(Br)c1)C(=O)CSCc1c(Cl)cccc1Cl. The summed E-state index contributed by atoms with van der Waals surface area (Å²) in [6, 6.07) is 12.8. The fraction of sp³-hybridized carbons (Fsp3) is 0.440. The smallest absolute Gasteiger partial charge is 0.242 e. The third-order valence-electron chi connectivity index (χ3n) is 5.89. The Morgan fingerprint density at radius 3 is 2.45 bits per heavy atom. The molecule has 1 atom stereocenters. The van der Waals surface area contributed by atoms with Gasteiger partial charge in [0.25, 0.3) is 0 Å². The van der Waals surface area contributed by atoms with Gasteiger partial charge in [0.2, 0.25) is 11.8 Å². The second kappa shape index (κ2) is 13.0. The maximum Gasteiger partial charge on any atom is 0.242 e. The van der Waals surface area contributed by atoms with Crippen molar-refractivity contribution >= 4 is 62.7 Å². The first-order chi connectivity index (χ1) is 15.8. The molecule has 0 bridgehead atoms. The minimum absolute atomic E-state index is 0.0885. The monoisotopic (exact) mass is 570 g/mol. The number of hydrogen-bond acceptors (Lipinski definition) is 3. The van der Waals surface area contributed by atoms with Gasteiger partial charge in [0.1, 0.15) is 6.04 Å². The minimum Gasteiger partial charge on any atom is -0.352 e. The van der Waals surface area contributed by atoms with Crippen LogP contribution in [0.3, 0.4) is 0 Å². The van der Waals surface area contributed by atoms with E-state index in [2.05, 4.69) is 21.2 Å². The molecule has 4 nitrogen and oxygen atoms in total. The lowest BCUT2D eigenvalue weighted by molar-refractivity contribution is -0.139. The highest BCUT2D eigenvalue weighted by molar-refractivity contribution is 9.10. The zero-order valence-corrected chi connectivity index (χ0v) is 22.6. The van der Waals surface area contributed by atoms with Crippen LogP contribution in [0, 0.1) is 0 Å². The van der Waals surface area contributed by atoms with Crippen LogP contribution >= 0.6 is 50.9 Å². The number of nitrogens with one attached hydrogen (secondary N) is 1. The molecular formula is C25H29BrCl2N2O2S. The Morgan fingerprint density at radius 1 is 1.12 bits per heavy atom. The summed E-state index contributed by atoms with van der Waals surface area (Å²) >= 11 is 17.5. The van der Waals surface area contributed by atoms with Gasteiger partial charge in [-0.1, -0.05) is 76.6 Å². The van der Waals surface area contributed by atoms with Gasteiger partial charge in [-0.05, 0) is 55.2 Å². The molecule has 0 aromatic heterocycles. The standard InChI is InChI=1S/C25H29BrCl2N2O2S/c1-17(25(32)29-20-9-3-2-4-10-20)30(14-18-7-5-8-19(26)13-18)24(31)16-33-15-21-22(27)11-6-12-23(21)28/h5-8,11-13,17,20H,2-4,9-10,14-16H2,1H3,(H,29,32). The maximum absolute atomic E-state index is 13.3. The molecule has 1 aliphatic carbocycles. The highest BCUT2D eigenvalue weighted by atomic mass is 79.9. The van der Waals surface area contributed by atoms with Crippen LogP contribution in [0.15, 0.2) is 46.9 Å². The second-order valence-electron chi connectivity index (χ2n) is 8.36. The Kier molecular flexibility index (Phi) is 10.4. The van der Waals surface area contributed by atoms with Crippen molar-refractivity contribution in [1.29, 1.82) is 0 Å². The average Bonchev–Trinajstić information content (AvgIpc) is 2.79. The van der Waals surface area contributed by atoms with E-state index in [0.717, 1.165) is 41.3 Å². The van der Waals surface area contributed by atoms with Crippen molar-refractivity contribution in [2.24, 2.45) is 0 Å². The van der Waals surface area contributed by atoms with Crippen molar-refractivity contribution in [1.82, 2.24) is 10.2 Å². The molecule has 33 heavy (non-hydrogen) atoms. The maximum atomic E-state index is 13.3. The zero-order chi connectivity index (χ0) is 23.8. The van der Waals surface area contributed by atoms with Crippen LogP contribution in [-0.2, 0) is 21.9 Å². The molecule has 0 radical (unpaired) electrons. The van der Waals surface area contributed by atoms with Crippen LogP contribution < -0.4 is 5.32 Å². The van der Waals surface area contributed by atoms with E-state index in [4.69, 9.17) is 23.2 Å². The number of hydrogen-bond donors (Lipinski definition) is 1. The van der Waals surface area contributed by atoms with Crippen molar-refractivity contribution in [3.8, 4) is 0 Å². The number of amides is 2. The number of halogens is 3. The Balaban J connectivity index is 1.68. The van der Waals surface area contributed by atoms with E-state index in [1.165, 1.54) is 18.2 Å². The van der Waals surface area contributed by atoms with Gasteiger partial charge in [-0.15, -0.1) is 11.8 Å². The fourth-order valence-corrected chi connectivity index (χ4v) is 6.07. The molecule has 0 saturated heterocycles. The molecule has 1 saturated carbocycles. The summed E-state index contributed by atoms with van der Waals surface area (Å²) in [5.41, 5.74) is 1.79. The predicted molar refractivity (Wildman–Crippen MR) is 142 cm³/mol. The molecule has 1 fully saturated rings. The molecule has 0 aliphatic heterocycles. The average molecular weight is 572 g/mol. The molecule has 0 heterocycles. The van der Waals surface area contributed by atoms with Gasteiger partial charge in [-0.25, -0.2) is 0 Å². The number of carbonyl (C=O) groups is 2. The second-order valence-corrected chi connectivity index (χ2v) is 11.1. The van der Waals surface area contributed by atoms with E-state index < -0.39 is 6.04 Å². The van der Waals surface area contributed by atoms with Crippen molar-refractivity contribution in [3.63, 3.8) is 0 Å². The summed E-state index contributed by atoms with van der Waals surface area (Å²) in [6.07, 6.45) is 5.52. The molecule has 1 aliphatic rings. The molecule has 8 heteroatoms. The lowest BCUT2D eigenvalue weighted by Crippen LogP contribution is -2.50. The van der Waals surface area contributed by atoms with Gasteiger partial charge >= 0.3 is 0 Å². The van der Waals surface area contributed by atoms with Crippen molar-refractivity contribution in [3.05, 3.63) is 68.1 Å². The van der Waals surface area contributed by atoms with Gasteiger partial charge < -0.3 is 10.2 Å². The number of carbonyl (C=O) groups excluding carboxylic acids is 2. The van der Waals surface area contributed by atoms with E-state index >= 15 is 0 Å². The van der Waals surface area contributed by atoms with Gasteiger partial charge in [0.15, 0.2) is 0 Å². The van der Waals surface area contributed by atoms with Crippen LogP contribution in [0.5, 0.6) is 0 Å². The first kappa shape index (κ1) is 26.4. The summed E-state index contributed by atoms with van der Waals surface area (Å²) in [5, 5.41) is 4.35. The summed E-state index contributed by atoms with van der Waals surface area (Å²) in [5.74, 6) is 0.577. The summed E-state index contributed by atoms with van der Waals surface area (Å²) in [6.45, 7) is 2.18. The normalized spacial score (nSPS) is 15.2. The largest absolute Gasteiger partial charge is 0.352 e. The molecule has 3 rings (SSSR count). The summed E-state index contributed by atoms with van der Waals surface area (Å²) in [4.78, 5) is 28.0. The van der Waals surface area contributed by atoms with Crippen LogP contribution in [0.4, 0.5) is 0 Å². The van der Waals surface area contributed by atoms with E-state index in [-0.39, 0.29) is 23.6 Å². The van der Waals surface area contributed by atoms with Crippen molar-refractivity contribution in [2.45, 2.75) is 63.4 Å². The third kappa shape index (κ3) is 7.91. The molecule has 2 aromatic rings. The molecule has 178 valence electrons. The summed E-state index contributed by atoms with van der Waals surface area (Å²) < 4.78 is 0.939. The van der Waals surface area contributed by atoms with E-state index in [9.17, 15) is 9.59 Å². The first-order valence-electron chi connectivity index (χ1n) is 11.2. The quantitative estimate of drug-likeness (QED) is 0.358. The Bertz CT molecular complexity index is 949. The predicted octanol–water partition coefficient (Wildman–Crippen LogP) is 6.86. The Labute approximate surface area is 218 Å². The molecule has 2 aromatic carbocycles. The Morgan fingerprint density at radius 2 is 1.79 bits per heavy atom. The molecular weight excluding hydrogens is 543 g/mol. The lowest BCUT2D eigenvalue weighted by Gasteiger charge is -2.31. The summed E-state index contributed by atoms with van der Waals surface area (Å²) in [7, 11) is 0. The van der Waals surface area contributed by atoms with Crippen LogP contribution in [0.2, 0.25) is 10.0 Å². The minimum atomic E-state index is -0.567. The molecule has 1 unspecified atom stereocenters. The van der Waals surface area contributed by atoms with Crippen LogP contribution in [0.1, 0.15) is 50.2 Å². The molecule has 0 spiro atoms. The lowest BCUT2D eigenvalue weighted by atomic mass is 9.95. The van der Waals surface area contributed by atoms with E-state index in [0.29, 0.717) is 22.3 Å². The Hall–Kier alpha value is -1.21. The van der Waals surface area contributed by atoms with Gasteiger partial charge in [0, 0.05) is 32.9 Å². The van der Waals surface area contributed by atoms with E-state index in [1.807, 2.05) is 31.2 Å². The van der Waals surface area contributed by atoms with Crippen molar-refractivity contribution < 1.29 is 9.59 Å². The van der Waals surface area contributed by atoms with Crippen molar-refractivity contribution in [2.75, 3.05) is 5.75 Å².